The van der Waals surface area contributed by atoms with Gasteiger partial charge in [-0.25, -0.2) is 0 Å². The Kier molecular flexibility index (Phi) is 4.03. The quantitative estimate of drug-likeness (QED) is 0.601. The Morgan fingerprint density at radius 2 is 1.52 bits per heavy atom. The van der Waals surface area contributed by atoms with Crippen molar-refractivity contribution in [2.75, 3.05) is 0 Å². The number of rotatable bonds is 3. The Hall–Kier alpha value is -0.870. The van der Waals surface area contributed by atoms with E-state index in [9.17, 15) is 15.0 Å². The van der Waals surface area contributed by atoms with Gasteiger partial charge in [-0.2, -0.15) is 0 Å². The van der Waals surface area contributed by atoms with Gasteiger partial charge in [-0.15, -0.1) is 0 Å². The van der Waals surface area contributed by atoms with Crippen molar-refractivity contribution < 1.29 is 19.7 Å². The Morgan fingerprint density at radius 1 is 1.00 bits per heavy atom. The zero-order chi connectivity index (χ0) is 18.9. The van der Waals surface area contributed by atoms with Gasteiger partial charge >= 0.3 is 5.97 Å². The summed E-state index contributed by atoms with van der Waals surface area (Å²) in [4.78, 5) is 13.3. The molecule has 4 aliphatic rings. The lowest BCUT2D eigenvalue weighted by molar-refractivity contribution is -0.265. The van der Waals surface area contributed by atoms with Crippen molar-refractivity contribution in [2.24, 2.45) is 16.7 Å². The van der Waals surface area contributed by atoms with Crippen molar-refractivity contribution in [3.63, 3.8) is 0 Å². The van der Waals surface area contributed by atoms with Gasteiger partial charge in [0.15, 0.2) is 0 Å². The summed E-state index contributed by atoms with van der Waals surface area (Å²) in [5.41, 5.74) is -2.45. The second kappa shape index (κ2) is 5.32. The lowest BCUT2D eigenvalue weighted by Gasteiger charge is -2.62. The fraction of sp³-hybridized carbons (Fsp3) is 0.857. The summed E-state index contributed by atoms with van der Waals surface area (Å²) < 4.78 is 6.17. The lowest BCUT2D eigenvalue weighted by atomic mass is 9.50. The number of carbonyl (C=O) groups is 1. The Bertz CT molecular complexity index is 592. The number of ether oxygens (including phenoxy) is 1. The lowest BCUT2D eigenvalue weighted by Crippen LogP contribution is -2.67. The van der Waals surface area contributed by atoms with Crippen LogP contribution in [0.2, 0.25) is 0 Å². The first-order chi connectivity index (χ1) is 11.2. The molecule has 4 nitrogen and oxygen atoms in total. The van der Waals surface area contributed by atoms with Crippen molar-refractivity contribution >= 4 is 5.97 Å². The van der Waals surface area contributed by atoms with Crippen molar-refractivity contribution in [3.8, 4) is 0 Å². The molecule has 142 valence electrons. The first-order valence-corrected chi connectivity index (χ1v) is 9.54. The summed E-state index contributed by atoms with van der Waals surface area (Å²) in [6.07, 6.45) is 5.54. The topological polar surface area (TPSA) is 66.8 Å². The van der Waals surface area contributed by atoms with Crippen molar-refractivity contribution in [2.45, 2.75) is 96.9 Å². The van der Waals surface area contributed by atoms with Crippen LogP contribution < -0.4 is 0 Å². The molecular weight excluding hydrogens is 316 g/mol. The highest BCUT2D eigenvalue weighted by molar-refractivity contribution is 5.80. The van der Waals surface area contributed by atoms with E-state index in [1.54, 1.807) is 0 Å². The van der Waals surface area contributed by atoms with Crippen LogP contribution in [0.3, 0.4) is 0 Å². The molecule has 0 radical (unpaired) electrons. The van der Waals surface area contributed by atoms with Gasteiger partial charge in [0.05, 0.1) is 16.6 Å². The standard InChI is InChI=1S/C21H34O4/c1-14(2)7-18(6,17(3,4)5)16(22)25-21-10-15-8-19(23,12-21)11-20(24,9-15)13-21/h7,15,23-24H,8-13H2,1-6H3. The third-order valence-electron chi connectivity index (χ3n) is 6.83. The third-order valence-corrected chi connectivity index (χ3v) is 6.83. The average molecular weight is 350 g/mol. The molecule has 0 aromatic carbocycles. The molecule has 0 amide bonds. The summed E-state index contributed by atoms with van der Waals surface area (Å²) in [5.74, 6) is -0.00116. The molecule has 0 aromatic rings. The summed E-state index contributed by atoms with van der Waals surface area (Å²) in [6, 6.07) is 0. The average Bonchev–Trinajstić information content (AvgIpc) is 2.30. The number of hydrogen-bond acceptors (Lipinski definition) is 4. The Morgan fingerprint density at radius 3 is 1.92 bits per heavy atom. The minimum atomic E-state index is -0.886. The predicted molar refractivity (Wildman–Crippen MR) is 96.9 cm³/mol. The van der Waals surface area contributed by atoms with Gasteiger partial charge in [0.1, 0.15) is 5.60 Å². The third kappa shape index (κ3) is 3.16. The largest absolute Gasteiger partial charge is 0.458 e. The van der Waals surface area contributed by atoms with E-state index in [2.05, 4.69) is 20.8 Å². The second-order valence-electron chi connectivity index (χ2n) is 10.7. The normalized spacial score (nSPS) is 42.0. The molecule has 0 spiro atoms. The fourth-order valence-corrected chi connectivity index (χ4v) is 5.83. The van der Waals surface area contributed by atoms with E-state index < -0.39 is 22.2 Å². The molecule has 0 saturated heterocycles. The summed E-state index contributed by atoms with van der Waals surface area (Å²) in [6.45, 7) is 12.1. The van der Waals surface area contributed by atoms with Crippen molar-refractivity contribution in [1.29, 1.82) is 0 Å². The van der Waals surface area contributed by atoms with Gasteiger partial charge in [-0.3, -0.25) is 4.79 Å². The molecule has 0 aromatic heterocycles. The minimum Gasteiger partial charge on any atom is -0.458 e. The molecule has 3 atom stereocenters. The van der Waals surface area contributed by atoms with Gasteiger partial charge < -0.3 is 14.9 Å². The number of hydrogen-bond donors (Lipinski definition) is 2. The van der Waals surface area contributed by atoms with E-state index in [0.29, 0.717) is 19.3 Å². The number of esters is 1. The molecule has 4 saturated carbocycles. The predicted octanol–water partition coefficient (Wildman–Crippen LogP) is 3.75. The van der Waals surface area contributed by atoms with Gasteiger partial charge in [0.25, 0.3) is 0 Å². The molecule has 0 aliphatic heterocycles. The zero-order valence-electron chi connectivity index (χ0n) is 16.6. The molecule has 4 fully saturated rings. The summed E-state index contributed by atoms with van der Waals surface area (Å²) in [7, 11) is 0. The minimum absolute atomic E-state index is 0.239. The highest BCUT2D eigenvalue weighted by Crippen LogP contribution is 2.61. The molecule has 4 bridgehead atoms. The number of allylic oxidation sites excluding steroid dienone is 1. The maximum atomic E-state index is 13.3. The van der Waals surface area contributed by atoms with Crippen LogP contribution in [0.25, 0.3) is 0 Å². The smallest absolute Gasteiger partial charge is 0.316 e. The second-order valence-corrected chi connectivity index (χ2v) is 10.7. The van der Waals surface area contributed by atoms with E-state index in [1.165, 1.54) is 0 Å². The van der Waals surface area contributed by atoms with Gasteiger partial charge in [0.2, 0.25) is 0 Å². The summed E-state index contributed by atoms with van der Waals surface area (Å²) >= 11 is 0. The summed E-state index contributed by atoms with van der Waals surface area (Å²) in [5, 5.41) is 21.8. The van der Waals surface area contributed by atoms with E-state index in [4.69, 9.17) is 4.74 Å². The van der Waals surface area contributed by atoms with Crippen molar-refractivity contribution in [1.82, 2.24) is 0 Å². The molecular formula is C21H34O4. The highest BCUT2D eigenvalue weighted by atomic mass is 16.6. The van der Waals surface area contributed by atoms with Crippen LogP contribution in [0, 0.1) is 16.7 Å². The monoisotopic (exact) mass is 350 g/mol. The molecule has 25 heavy (non-hydrogen) atoms. The molecule has 0 heterocycles. The van der Waals surface area contributed by atoms with Crippen LogP contribution in [-0.4, -0.2) is 33.0 Å². The Balaban J connectivity index is 1.91. The highest BCUT2D eigenvalue weighted by Gasteiger charge is 2.65. The number of carbonyl (C=O) groups excluding carboxylic acids is 1. The van der Waals surface area contributed by atoms with Gasteiger partial charge in [0, 0.05) is 19.3 Å². The van der Waals surface area contributed by atoms with Crippen LogP contribution in [0.1, 0.15) is 80.1 Å². The van der Waals surface area contributed by atoms with E-state index in [-0.39, 0.29) is 17.3 Å². The van der Waals surface area contributed by atoms with Crippen molar-refractivity contribution in [3.05, 3.63) is 11.6 Å². The van der Waals surface area contributed by atoms with Crippen LogP contribution in [0.5, 0.6) is 0 Å². The van der Waals surface area contributed by atoms with Crippen LogP contribution in [-0.2, 0) is 9.53 Å². The van der Waals surface area contributed by atoms with Crippen LogP contribution >= 0.6 is 0 Å². The molecule has 3 unspecified atom stereocenters. The first kappa shape index (κ1) is 18.9. The zero-order valence-corrected chi connectivity index (χ0v) is 16.6. The van der Waals surface area contributed by atoms with E-state index >= 15 is 0 Å². The van der Waals surface area contributed by atoms with Crippen LogP contribution in [0.4, 0.5) is 0 Å². The first-order valence-electron chi connectivity index (χ1n) is 9.54. The Labute approximate surface area is 151 Å². The van der Waals surface area contributed by atoms with E-state index in [1.807, 2.05) is 26.8 Å². The molecule has 4 aliphatic carbocycles. The van der Waals surface area contributed by atoms with Gasteiger partial charge in [-0.05, 0) is 51.4 Å². The van der Waals surface area contributed by atoms with Gasteiger partial charge in [-0.1, -0.05) is 32.4 Å². The maximum Gasteiger partial charge on any atom is 0.316 e. The molecule has 2 N–H and O–H groups in total. The van der Waals surface area contributed by atoms with E-state index in [0.717, 1.165) is 24.8 Å². The van der Waals surface area contributed by atoms with Crippen LogP contribution in [0.15, 0.2) is 11.6 Å². The fourth-order valence-electron chi connectivity index (χ4n) is 5.83. The number of aliphatic hydroxyl groups is 2. The molecule has 4 heteroatoms. The maximum absolute atomic E-state index is 13.3. The SMILES string of the molecule is CC(C)=CC(C)(C(=O)OC12CC3CC(O)(CC(O)(C3)C1)C2)C(C)(C)C. The molecule has 4 rings (SSSR count).